The van der Waals surface area contributed by atoms with Crippen LogP contribution in [0.25, 0.3) is 18.2 Å². The van der Waals surface area contributed by atoms with Crippen LogP contribution in [0.1, 0.15) is 33.9 Å². The van der Waals surface area contributed by atoms with Gasteiger partial charge in [0.15, 0.2) is 0 Å². The molecule has 0 aromatic heterocycles. The molecule has 3 aromatic carbocycles. The fourth-order valence-electron chi connectivity index (χ4n) is 3.33. The van der Waals surface area contributed by atoms with Crippen LogP contribution in [-0.2, 0) is 16.1 Å². The molecule has 3 rings (SSSR count). The molecule has 160 valence electrons. The highest BCUT2D eigenvalue weighted by Gasteiger charge is 2.20. The number of hydrogen-bond donors (Lipinski definition) is 2. The molecule has 2 N–H and O–H groups in total. The Kier molecular flexibility index (Phi) is 7.93. The van der Waals surface area contributed by atoms with Crippen molar-refractivity contribution in [1.29, 1.82) is 0 Å². The van der Waals surface area contributed by atoms with Gasteiger partial charge in [-0.15, -0.1) is 0 Å². The molecule has 3 aromatic rings. The number of anilines is 1. The average Bonchev–Trinajstić information content (AvgIpc) is 2.85. The summed E-state index contributed by atoms with van der Waals surface area (Å²) in [4.78, 5) is 23.8. The van der Waals surface area contributed by atoms with E-state index in [1.165, 1.54) is 6.08 Å². The van der Waals surface area contributed by atoms with Crippen LogP contribution in [0.2, 0.25) is 0 Å². The molecular formula is C28H26N2O2. The number of benzene rings is 3. The van der Waals surface area contributed by atoms with Crippen LogP contribution in [-0.4, -0.2) is 12.2 Å². The van der Waals surface area contributed by atoms with Gasteiger partial charge in [-0.25, -0.2) is 0 Å². The van der Waals surface area contributed by atoms with E-state index >= 15 is 0 Å². The summed E-state index contributed by atoms with van der Waals surface area (Å²) < 4.78 is 0. The zero-order valence-corrected chi connectivity index (χ0v) is 17.8. The van der Waals surface area contributed by atoms with E-state index < -0.39 is 6.04 Å². The molecule has 0 aliphatic heterocycles. The molecule has 1 amide bonds. The summed E-state index contributed by atoms with van der Waals surface area (Å²) in [5.41, 5.74) is 5.43. The highest BCUT2D eigenvalue weighted by molar-refractivity contribution is 5.86. The molecule has 0 aliphatic rings. The largest absolute Gasteiger partial charge is 0.370 e. The summed E-state index contributed by atoms with van der Waals surface area (Å²) in [5, 5.41) is 6.37. The molecule has 0 fully saturated rings. The van der Waals surface area contributed by atoms with Crippen LogP contribution in [0.15, 0.2) is 92.0 Å². The van der Waals surface area contributed by atoms with Crippen LogP contribution in [0.5, 0.6) is 0 Å². The number of aldehydes is 1. The quantitative estimate of drug-likeness (QED) is 0.328. The normalized spacial score (nSPS) is 11.5. The molecule has 0 spiro atoms. The minimum Gasteiger partial charge on any atom is -0.370 e. The Balaban J connectivity index is 1.87. The molecule has 0 aliphatic carbocycles. The Morgan fingerprint density at radius 3 is 2.28 bits per heavy atom. The Hall–Kier alpha value is -4.18. The monoisotopic (exact) mass is 422 g/mol. The molecule has 1 unspecified atom stereocenters. The minimum atomic E-state index is -0.602. The van der Waals surface area contributed by atoms with Gasteiger partial charge in [-0.05, 0) is 46.0 Å². The van der Waals surface area contributed by atoms with Crippen molar-refractivity contribution in [2.45, 2.75) is 12.6 Å². The van der Waals surface area contributed by atoms with Crippen molar-refractivity contribution in [3.05, 3.63) is 120 Å². The highest BCUT2D eigenvalue weighted by Crippen LogP contribution is 2.24. The molecule has 32 heavy (non-hydrogen) atoms. The summed E-state index contributed by atoms with van der Waals surface area (Å²) >= 11 is 0. The fraction of sp³-hybridized carbons (Fsp3) is 0.0714. The molecular weight excluding hydrogens is 396 g/mol. The second-order valence-electron chi connectivity index (χ2n) is 7.19. The summed E-state index contributed by atoms with van der Waals surface area (Å²) in [6, 6.07) is 22.5. The van der Waals surface area contributed by atoms with Gasteiger partial charge < -0.3 is 10.6 Å². The lowest BCUT2D eigenvalue weighted by molar-refractivity contribution is -0.122. The fourth-order valence-corrected chi connectivity index (χ4v) is 3.33. The van der Waals surface area contributed by atoms with E-state index in [2.05, 4.69) is 23.8 Å². The Morgan fingerprint density at radius 1 is 0.906 bits per heavy atom. The van der Waals surface area contributed by atoms with Crippen molar-refractivity contribution in [3.63, 3.8) is 0 Å². The van der Waals surface area contributed by atoms with Gasteiger partial charge in [-0.2, -0.15) is 0 Å². The molecule has 0 radical (unpaired) electrons. The Bertz CT molecular complexity index is 1120. The van der Waals surface area contributed by atoms with Gasteiger partial charge in [-0.3, -0.25) is 9.59 Å². The first-order valence-corrected chi connectivity index (χ1v) is 10.3. The van der Waals surface area contributed by atoms with Crippen molar-refractivity contribution in [3.8, 4) is 0 Å². The van der Waals surface area contributed by atoms with Crippen molar-refractivity contribution in [1.82, 2.24) is 5.32 Å². The number of carbonyl (C=O) groups excluding carboxylic acids is 2. The second kappa shape index (κ2) is 11.3. The molecule has 1 atom stereocenters. The SMILES string of the molecule is C=Cc1ccc(NC(C(=O)NCc2ccccc2)c2ccc(/C=C/C=O)cc2)cc1C=C. The predicted molar refractivity (Wildman–Crippen MR) is 133 cm³/mol. The standard InChI is InChI=1S/C28H26N2O2/c1-3-23-16-17-26(19-24(23)4-2)30-27(25-14-12-21(13-15-25)11-8-18-31)28(32)29-20-22-9-6-5-7-10-22/h3-19,27,30H,1-2,20H2,(H,29,32)/b11-8+. The van der Waals surface area contributed by atoms with Crippen molar-refractivity contribution >= 4 is 36.1 Å². The lowest BCUT2D eigenvalue weighted by Crippen LogP contribution is -2.33. The van der Waals surface area contributed by atoms with E-state index in [1.807, 2.05) is 72.8 Å². The van der Waals surface area contributed by atoms with Crippen LogP contribution >= 0.6 is 0 Å². The number of nitrogens with one attached hydrogen (secondary N) is 2. The van der Waals surface area contributed by atoms with Gasteiger partial charge in [0.2, 0.25) is 5.91 Å². The predicted octanol–water partition coefficient (Wildman–Crippen LogP) is 5.65. The van der Waals surface area contributed by atoms with Crippen LogP contribution in [0.4, 0.5) is 5.69 Å². The first-order valence-electron chi connectivity index (χ1n) is 10.3. The molecule has 0 saturated carbocycles. The van der Waals surface area contributed by atoms with Crippen LogP contribution in [0, 0.1) is 0 Å². The average molecular weight is 423 g/mol. The van der Waals surface area contributed by atoms with E-state index in [-0.39, 0.29) is 5.91 Å². The van der Waals surface area contributed by atoms with Crippen molar-refractivity contribution in [2.24, 2.45) is 0 Å². The Labute approximate surface area is 189 Å². The number of carbonyl (C=O) groups is 2. The van der Waals surface area contributed by atoms with Gasteiger partial charge in [-0.1, -0.05) is 92.0 Å². The summed E-state index contributed by atoms with van der Waals surface area (Å²) in [7, 11) is 0. The van der Waals surface area contributed by atoms with Crippen molar-refractivity contribution in [2.75, 3.05) is 5.32 Å². The van der Waals surface area contributed by atoms with Gasteiger partial charge >= 0.3 is 0 Å². The zero-order chi connectivity index (χ0) is 22.8. The van der Waals surface area contributed by atoms with E-state index in [1.54, 1.807) is 18.2 Å². The van der Waals surface area contributed by atoms with Gasteiger partial charge in [0.25, 0.3) is 0 Å². The number of amides is 1. The maximum Gasteiger partial charge on any atom is 0.247 e. The van der Waals surface area contributed by atoms with Gasteiger partial charge in [0.05, 0.1) is 0 Å². The molecule has 0 saturated heterocycles. The van der Waals surface area contributed by atoms with E-state index in [0.29, 0.717) is 6.54 Å². The third-order valence-electron chi connectivity index (χ3n) is 5.05. The van der Waals surface area contributed by atoms with E-state index in [0.717, 1.165) is 39.8 Å². The van der Waals surface area contributed by atoms with E-state index in [9.17, 15) is 9.59 Å². The van der Waals surface area contributed by atoms with E-state index in [4.69, 9.17) is 0 Å². The Morgan fingerprint density at radius 2 is 1.62 bits per heavy atom. The molecule has 0 heterocycles. The topological polar surface area (TPSA) is 58.2 Å². The summed E-state index contributed by atoms with van der Waals surface area (Å²) in [6.07, 6.45) is 7.44. The smallest absolute Gasteiger partial charge is 0.247 e. The first-order chi connectivity index (χ1) is 15.6. The van der Waals surface area contributed by atoms with Crippen molar-refractivity contribution < 1.29 is 9.59 Å². The lowest BCUT2D eigenvalue weighted by Gasteiger charge is -2.21. The third-order valence-corrected chi connectivity index (χ3v) is 5.05. The maximum absolute atomic E-state index is 13.2. The molecule has 4 heteroatoms. The van der Waals surface area contributed by atoms with Gasteiger partial charge in [0.1, 0.15) is 12.3 Å². The number of rotatable bonds is 10. The third kappa shape index (κ3) is 5.92. The van der Waals surface area contributed by atoms with Crippen LogP contribution in [0.3, 0.4) is 0 Å². The highest BCUT2D eigenvalue weighted by atomic mass is 16.2. The zero-order valence-electron chi connectivity index (χ0n) is 17.8. The number of allylic oxidation sites excluding steroid dienone is 1. The second-order valence-corrected chi connectivity index (χ2v) is 7.19. The molecule has 4 nitrogen and oxygen atoms in total. The lowest BCUT2D eigenvalue weighted by atomic mass is 10.0. The summed E-state index contributed by atoms with van der Waals surface area (Å²) in [6.45, 7) is 8.13. The first kappa shape index (κ1) is 22.5. The number of hydrogen-bond acceptors (Lipinski definition) is 3. The van der Waals surface area contributed by atoms with Crippen LogP contribution < -0.4 is 10.6 Å². The van der Waals surface area contributed by atoms with Gasteiger partial charge in [0, 0.05) is 12.2 Å². The summed E-state index contributed by atoms with van der Waals surface area (Å²) in [5.74, 6) is -0.141. The minimum absolute atomic E-state index is 0.141. The molecule has 0 bridgehead atoms. The maximum atomic E-state index is 13.2.